The van der Waals surface area contributed by atoms with E-state index in [9.17, 15) is 0 Å². The molecule has 0 saturated carbocycles. The summed E-state index contributed by atoms with van der Waals surface area (Å²) in [5.41, 5.74) is 15.5. The molecule has 1 nitrogen and oxygen atoms in total. The molecule has 0 spiro atoms. The van der Waals surface area contributed by atoms with Gasteiger partial charge in [0.1, 0.15) is 0 Å². The number of hydrogen-bond donors (Lipinski definition) is 0. The standard InChI is InChI=1S/C58H39NS/c1-2-11-40(12-3-1)41-23-25-42(26-24-41)43-27-33-49(34-28-43)59(51-37-31-46(32-38-51)53-19-9-14-45-13-4-5-17-52(45)53)50-35-29-44(30-36-50)47-15-8-16-48(39-47)54-20-10-21-56-55-18-6-7-22-57(55)60-58(54)56/h1-39H. The number of nitrogens with zero attached hydrogens (tertiary/aromatic N) is 1. The SMILES string of the molecule is c1ccc(-c2ccc(-c3ccc(N(c4ccc(-c5cccc(-c6cccc7c6sc6ccccc67)c5)cc4)c4ccc(-c5cccc6ccccc56)cc4)cc3)cc2)cc1. The third-order valence-electron chi connectivity index (χ3n) is 11.7. The topological polar surface area (TPSA) is 3.24 Å². The van der Waals surface area contributed by atoms with Gasteiger partial charge >= 0.3 is 0 Å². The minimum atomic E-state index is 1.10. The maximum absolute atomic E-state index is 2.36. The molecule has 0 aliphatic heterocycles. The Kier molecular flexibility index (Phi) is 9.11. The molecule has 0 bridgehead atoms. The van der Waals surface area contributed by atoms with Crippen molar-refractivity contribution < 1.29 is 0 Å². The predicted octanol–water partition coefficient (Wildman–Crippen LogP) is 17.0. The highest BCUT2D eigenvalue weighted by atomic mass is 32.1. The zero-order valence-corrected chi connectivity index (χ0v) is 33.7. The van der Waals surface area contributed by atoms with Crippen molar-refractivity contribution in [1.82, 2.24) is 0 Å². The second-order valence-corrected chi connectivity index (χ2v) is 16.4. The zero-order valence-electron chi connectivity index (χ0n) is 32.9. The number of rotatable bonds is 8. The quantitative estimate of drug-likeness (QED) is 0.148. The van der Waals surface area contributed by atoms with Gasteiger partial charge in [-0.1, -0.05) is 188 Å². The minimum Gasteiger partial charge on any atom is -0.311 e. The van der Waals surface area contributed by atoms with Crippen molar-refractivity contribution in [3.8, 4) is 55.6 Å². The molecule has 0 unspecified atom stereocenters. The summed E-state index contributed by atoms with van der Waals surface area (Å²) in [4.78, 5) is 2.36. The second-order valence-electron chi connectivity index (χ2n) is 15.3. The maximum Gasteiger partial charge on any atom is 0.0462 e. The fraction of sp³-hybridized carbons (Fsp3) is 0. The van der Waals surface area contributed by atoms with Crippen LogP contribution in [0.15, 0.2) is 237 Å². The molecule has 10 aromatic carbocycles. The van der Waals surface area contributed by atoms with Crippen molar-refractivity contribution in [2.45, 2.75) is 0 Å². The van der Waals surface area contributed by atoms with Gasteiger partial charge in [0.25, 0.3) is 0 Å². The lowest BCUT2D eigenvalue weighted by atomic mass is 9.97. The fourth-order valence-corrected chi connectivity index (χ4v) is 9.89. The molecule has 0 fully saturated rings. The molecule has 1 aromatic heterocycles. The summed E-state index contributed by atoms with van der Waals surface area (Å²) in [6, 6.07) is 86.0. The summed E-state index contributed by atoms with van der Waals surface area (Å²) in [5, 5.41) is 5.16. The molecule has 0 amide bonds. The third kappa shape index (κ3) is 6.63. The van der Waals surface area contributed by atoms with Crippen LogP contribution < -0.4 is 4.90 Å². The molecular weight excluding hydrogens is 743 g/mol. The van der Waals surface area contributed by atoms with Gasteiger partial charge < -0.3 is 4.90 Å². The average Bonchev–Trinajstić information content (AvgIpc) is 3.72. The molecule has 0 aliphatic rings. The van der Waals surface area contributed by atoms with Crippen molar-refractivity contribution in [3.05, 3.63) is 237 Å². The summed E-state index contributed by atoms with van der Waals surface area (Å²) in [6.07, 6.45) is 0. The smallest absolute Gasteiger partial charge is 0.0462 e. The van der Waals surface area contributed by atoms with Gasteiger partial charge in [-0.3, -0.25) is 0 Å². The van der Waals surface area contributed by atoms with E-state index in [-0.39, 0.29) is 0 Å². The molecule has 282 valence electrons. The highest BCUT2D eigenvalue weighted by molar-refractivity contribution is 7.26. The van der Waals surface area contributed by atoms with E-state index in [4.69, 9.17) is 0 Å². The van der Waals surface area contributed by atoms with E-state index in [0.29, 0.717) is 0 Å². The van der Waals surface area contributed by atoms with E-state index in [1.54, 1.807) is 0 Å². The predicted molar refractivity (Wildman–Crippen MR) is 259 cm³/mol. The Bertz CT molecular complexity index is 3270. The summed E-state index contributed by atoms with van der Waals surface area (Å²) in [7, 11) is 0. The minimum absolute atomic E-state index is 1.10. The lowest BCUT2D eigenvalue weighted by Gasteiger charge is -2.26. The Balaban J connectivity index is 0.942. The first-order valence-electron chi connectivity index (χ1n) is 20.5. The number of benzene rings is 10. The number of fused-ring (bicyclic) bond motifs is 4. The van der Waals surface area contributed by atoms with Crippen molar-refractivity contribution in [2.24, 2.45) is 0 Å². The first-order valence-corrected chi connectivity index (χ1v) is 21.3. The molecule has 2 heteroatoms. The first-order chi connectivity index (χ1) is 29.7. The van der Waals surface area contributed by atoms with Crippen molar-refractivity contribution in [2.75, 3.05) is 4.90 Å². The molecule has 0 N–H and O–H groups in total. The van der Waals surface area contributed by atoms with Crippen molar-refractivity contribution in [1.29, 1.82) is 0 Å². The Morgan fingerprint density at radius 1 is 0.267 bits per heavy atom. The Morgan fingerprint density at radius 3 is 1.38 bits per heavy atom. The van der Waals surface area contributed by atoms with Gasteiger partial charge in [-0.2, -0.15) is 0 Å². The van der Waals surface area contributed by atoms with E-state index in [0.717, 1.165) is 17.1 Å². The molecule has 1 heterocycles. The van der Waals surface area contributed by atoms with Gasteiger partial charge in [-0.15, -0.1) is 11.3 Å². The first kappa shape index (κ1) is 35.6. The van der Waals surface area contributed by atoms with Gasteiger partial charge in [-0.25, -0.2) is 0 Å². The highest BCUT2D eigenvalue weighted by Gasteiger charge is 2.16. The fourth-order valence-electron chi connectivity index (χ4n) is 8.65. The van der Waals surface area contributed by atoms with E-state index in [2.05, 4.69) is 241 Å². The monoisotopic (exact) mass is 781 g/mol. The second kappa shape index (κ2) is 15.3. The van der Waals surface area contributed by atoms with Crippen LogP contribution in [0.3, 0.4) is 0 Å². The highest BCUT2D eigenvalue weighted by Crippen LogP contribution is 2.42. The van der Waals surface area contributed by atoms with Gasteiger partial charge in [0.05, 0.1) is 0 Å². The van der Waals surface area contributed by atoms with Crippen LogP contribution >= 0.6 is 11.3 Å². The number of thiophene rings is 1. The van der Waals surface area contributed by atoms with Crippen LogP contribution in [0.5, 0.6) is 0 Å². The van der Waals surface area contributed by atoms with E-state index < -0.39 is 0 Å². The Hall–Kier alpha value is -7.52. The summed E-state index contributed by atoms with van der Waals surface area (Å²) in [5.74, 6) is 0. The Labute approximate surface area is 354 Å². The molecule has 0 atom stereocenters. The van der Waals surface area contributed by atoms with Gasteiger partial charge in [0.2, 0.25) is 0 Å². The van der Waals surface area contributed by atoms with Gasteiger partial charge in [0.15, 0.2) is 0 Å². The van der Waals surface area contributed by atoms with Crippen molar-refractivity contribution >= 4 is 59.3 Å². The molecule has 11 rings (SSSR count). The van der Waals surface area contributed by atoms with Gasteiger partial charge in [-0.05, 0) is 115 Å². The third-order valence-corrected chi connectivity index (χ3v) is 12.9. The average molecular weight is 782 g/mol. The van der Waals surface area contributed by atoms with E-state index >= 15 is 0 Å². The van der Waals surface area contributed by atoms with Gasteiger partial charge in [0, 0.05) is 37.2 Å². The van der Waals surface area contributed by atoms with Crippen LogP contribution in [0.4, 0.5) is 17.1 Å². The van der Waals surface area contributed by atoms with Crippen LogP contribution in [-0.2, 0) is 0 Å². The van der Waals surface area contributed by atoms with Crippen LogP contribution in [-0.4, -0.2) is 0 Å². The van der Waals surface area contributed by atoms with Crippen LogP contribution in [0.25, 0.3) is 86.6 Å². The van der Waals surface area contributed by atoms with Crippen LogP contribution in [0, 0.1) is 0 Å². The zero-order chi connectivity index (χ0) is 39.8. The van der Waals surface area contributed by atoms with Crippen molar-refractivity contribution in [3.63, 3.8) is 0 Å². The molecule has 0 aliphatic carbocycles. The maximum atomic E-state index is 2.36. The number of hydrogen-bond acceptors (Lipinski definition) is 2. The molecule has 0 radical (unpaired) electrons. The molecule has 11 aromatic rings. The molecular formula is C58H39NS. The largest absolute Gasteiger partial charge is 0.311 e. The Morgan fingerprint density at radius 2 is 0.700 bits per heavy atom. The summed E-state index contributed by atoms with van der Waals surface area (Å²) < 4.78 is 2.66. The van der Waals surface area contributed by atoms with E-state index in [1.165, 1.54) is 86.6 Å². The molecule has 60 heavy (non-hydrogen) atoms. The lowest BCUT2D eigenvalue weighted by Crippen LogP contribution is -2.09. The van der Waals surface area contributed by atoms with Crippen LogP contribution in [0.2, 0.25) is 0 Å². The summed E-state index contributed by atoms with van der Waals surface area (Å²) >= 11 is 1.88. The lowest BCUT2D eigenvalue weighted by molar-refractivity contribution is 1.28. The number of anilines is 3. The summed E-state index contributed by atoms with van der Waals surface area (Å²) in [6.45, 7) is 0. The van der Waals surface area contributed by atoms with Crippen LogP contribution in [0.1, 0.15) is 0 Å². The normalized spacial score (nSPS) is 11.3. The molecule has 0 saturated heterocycles. The van der Waals surface area contributed by atoms with E-state index in [1.807, 2.05) is 11.3 Å².